The van der Waals surface area contributed by atoms with E-state index in [1.54, 1.807) is 54.4 Å². The second-order valence-electron chi connectivity index (χ2n) is 7.77. The zero-order chi connectivity index (χ0) is 24.8. The first-order chi connectivity index (χ1) is 16.9. The van der Waals surface area contributed by atoms with Crippen molar-refractivity contribution in [1.82, 2.24) is 34.4 Å². The number of nitrogens with zero attached hydrogens (tertiary/aromatic N) is 8. The molecular weight excluding hydrogens is 470 g/mol. The molecular formula is C22H25N9O3S. The minimum absolute atomic E-state index is 0.202. The average molecular weight is 496 g/mol. The van der Waals surface area contributed by atoms with Crippen molar-refractivity contribution >= 4 is 26.9 Å². The molecule has 0 saturated heterocycles. The molecule has 182 valence electrons. The van der Waals surface area contributed by atoms with Crippen LogP contribution in [0.5, 0.6) is 5.88 Å². The molecule has 3 aromatic heterocycles. The highest BCUT2D eigenvalue weighted by Crippen LogP contribution is 2.24. The van der Waals surface area contributed by atoms with Crippen LogP contribution < -0.4 is 9.46 Å². The number of methoxy groups -OCH3 is 1. The van der Waals surface area contributed by atoms with Crippen LogP contribution in [-0.2, 0) is 16.6 Å². The van der Waals surface area contributed by atoms with Crippen LogP contribution in [0.1, 0.15) is 5.56 Å². The van der Waals surface area contributed by atoms with Gasteiger partial charge in [-0.15, -0.1) is 5.11 Å². The van der Waals surface area contributed by atoms with Gasteiger partial charge in [0, 0.05) is 19.2 Å². The van der Waals surface area contributed by atoms with Gasteiger partial charge in [0.05, 0.1) is 30.1 Å². The summed E-state index contributed by atoms with van der Waals surface area (Å²) in [6.45, 7) is 1.21. The van der Waals surface area contributed by atoms with Gasteiger partial charge in [-0.3, -0.25) is 0 Å². The van der Waals surface area contributed by atoms with Gasteiger partial charge in [-0.1, -0.05) is 18.2 Å². The molecule has 0 aliphatic carbocycles. The number of hydrogen-bond acceptors (Lipinski definition) is 10. The fourth-order valence-electron chi connectivity index (χ4n) is 3.16. The SMILES string of the molecule is COc1cccc(-n2ncc3c(N=NCc4ccc(S(=O)(=O)NCCN(C)C)cc4)ncnc32)n1. The lowest BCUT2D eigenvalue weighted by atomic mass is 10.2. The highest BCUT2D eigenvalue weighted by molar-refractivity contribution is 7.89. The van der Waals surface area contributed by atoms with Gasteiger partial charge in [0.15, 0.2) is 17.3 Å². The smallest absolute Gasteiger partial charge is 0.240 e. The van der Waals surface area contributed by atoms with Gasteiger partial charge >= 0.3 is 0 Å². The van der Waals surface area contributed by atoms with Crippen LogP contribution in [0, 0.1) is 0 Å². The van der Waals surface area contributed by atoms with Crippen LogP contribution in [0.2, 0.25) is 0 Å². The lowest BCUT2D eigenvalue weighted by molar-refractivity contribution is 0.397. The summed E-state index contributed by atoms with van der Waals surface area (Å²) in [5.74, 6) is 1.38. The highest BCUT2D eigenvalue weighted by atomic mass is 32.2. The molecule has 3 heterocycles. The van der Waals surface area contributed by atoms with E-state index in [4.69, 9.17) is 4.74 Å². The van der Waals surface area contributed by atoms with Crippen molar-refractivity contribution in [3.8, 4) is 11.7 Å². The normalized spacial score (nSPS) is 12.1. The number of rotatable bonds is 10. The largest absolute Gasteiger partial charge is 0.481 e. The van der Waals surface area contributed by atoms with Crippen LogP contribution in [-0.4, -0.2) is 72.3 Å². The highest BCUT2D eigenvalue weighted by Gasteiger charge is 2.14. The zero-order valence-electron chi connectivity index (χ0n) is 19.5. The molecule has 1 aromatic carbocycles. The van der Waals surface area contributed by atoms with E-state index in [2.05, 4.69) is 35.0 Å². The molecule has 0 amide bonds. The Labute approximate surface area is 202 Å². The maximum atomic E-state index is 12.4. The minimum atomic E-state index is -3.56. The number of benzene rings is 1. The average Bonchev–Trinajstić information content (AvgIpc) is 3.29. The van der Waals surface area contributed by atoms with E-state index in [0.29, 0.717) is 41.6 Å². The van der Waals surface area contributed by atoms with Crippen LogP contribution in [0.15, 0.2) is 70.1 Å². The van der Waals surface area contributed by atoms with Gasteiger partial charge in [-0.25, -0.2) is 23.1 Å². The van der Waals surface area contributed by atoms with E-state index in [-0.39, 0.29) is 11.4 Å². The molecule has 0 radical (unpaired) electrons. The quantitative estimate of drug-likeness (QED) is 0.331. The van der Waals surface area contributed by atoms with Crippen LogP contribution in [0.3, 0.4) is 0 Å². The Morgan fingerprint density at radius 2 is 1.91 bits per heavy atom. The molecule has 0 fully saturated rings. The number of nitrogens with one attached hydrogen (secondary N) is 1. The monoisotopic (exact) mass is 495 g/mol. The first-order valence-electron chi connectivity index (χ1n) is 10.7. The fourth-order valence-corrected chi connectivity index (χ4v) is 4.18. The standard InChI is InChI=1S/C22H25N9O3S/c1-30(2)12-11-27-35(32,33)17-9-7-16(8-10-17)13-25-29-21-18-14-26-31(22(18)24-15-23-21)19-5-4-6-20(28-19)34-3/h4-10,14-15,27H,11-13H2,1-3H3. The third-order valence-corrected chi connectivity index (χ3v) is 6.46. The first kappa shape index (κ1) is 24.3. The molecule has 0 atom stereocenters. The fraction of sp³-hybridized carbons (Fsp3) is 0.273. The minimum Gasteiger partial charge on any atom is -0.481 e. The van der Waals surface area contributed by atoms with Gasteiger partial charge in [0.25, 0.3) is 0 Å². The summed E-state index contributed by atoms with van der Waals surface area (Å²) < 4.78 is 34.1. The number of sulfonamides is 1. The molecule has 0 saturated carbocycles. The molecule has 4 rings (SSSR count). The molecule has 12 nitrogen and oxygen atoms in total. The molecule has 13 heteroatoms. The van der Waals surface area contributed by atoms with Crippen molar-refractivity contribution in [1.29, 1.82) is 0 Å². The predicted molar refractivity (Wildman–Crippen MR) is 129 cm³/mol. The molecule has 0 spiro atoms. The first-order valence-corrected chi connectivity index (χ1v) is 12.2. The van der Waals surface area contributed by atoms with Crippen molar-refractivity contribution in [2.75, 3.05) is 34.3 Å². The third-order valence-electron chi connectivity index (χ3n) is 4.98. The zero-order valence-corrected chi connectivity index (χ0v) is 20.3. The van der Waals surface area contributed by atoms with Crippen molar-refractivity contribution in [2.45, 2.75) is 11.4 Å². The molecule has 0 bridgehead atoms. The van der Waals surface area contributed by atoms with Crippen LogP contribution in [0.4, 0.5) is 5.82 Å². The number of aromatic nitrogens is 5. The Hall–Kier alpha value is -3.81. The number of azo groups is 1. The third kappa shape index (κ3) is 5.82. The van der Waals surface area contributed by atoms with E-state index in [1.807, 2.05) is 25.1 Å². The Balaban J connectivity index is 1.46. The summed E-state index contributed by atoms with van der Waals surface area (Å²) in [7, 11) is 1.76. The summed E-state index contributed by atoms with van der Waals surface area (Å²) in [5, 5.41) is 13.4. The van der Waals surface area contributed by atoms with Gasteiger partial charge in [0.2, 0.25) is 15.9 Å². The summed E-state index contributed by atoms with van der Waals surface area (Å²) >= 11 is 0. The molecule has 0 unspecified atom stereocenters. The Morgan fingerprint density at radius 1 is 1.11 bits per heavy atom. The molecule has 35 heavy (non-hydrogen) atoms. The van der Waals surface area contributed by atoms with E-state index in [9.17, 15) is 8.42 Å². The lowest BCUT2D eigenvalue weighted by Crippen LogP contribution is -2.31. The Bertz CT molecular complexity index is 1430. The molecule has 4 aromatic rings. The summed E-state index contributed by atoms with van der Waals surface area (Å²) in [5.41, 5.74) is 1.34. The second kappa shape index (κ2) is 10.6. The van der Waals surface area contributed by atoms with E-state index >= 15 is 0 Å². The second-order valence-corrected chi connectivity index (χ2v) is 9.54. The molecule has 0 aliphatic rings. The van der Waals surface area contributed by atoms with Gasteiger partial charge in [-0.2, -0.15) is 19.9 Å². The van der Waals surface area contributed by atoms with Gasteiger partial charge < -0.3 is 9.64 Å². The van der Waals surface area contributed by atoms with Crippen molar-refractivity contribution < 1.29 is 13.2 Å². The van der Waals surface area contributed by atoms with Crippen LogP contribution in [0.25, 0.3) is 16.9 Å². The van der Waals surface area contributed by atoms with Gasteiger partial charge in [0.1, 0.15) is 6.33 Å². The number of hydrogen-bond donors (Lipinski definition) is 1. The molecule has 1 N–H and O–H groups in total. The topological polar surface area (TPSA) is 140 Å². The van der Waals surface area contributed by atoms with Gasteiger partial charge in [-0.05, 0) is 37.9 Å². The van der Waals surface area contributed by atoms with Crippen molar-refractivity contribution in [3.05, 3.63) is 60.6 Å². The summed E-state index contributed by atoms with van der Waals surface area (Å²) in [4.78, 5) is 15.0. The number of pyridine rings is 1. The Kier molecular flexibility index (Phi) is 7.39. The summed E-state index contributed by atoms with van der Waals surface area (Å²) in [6.07, 6.45) is 2.99. The Morgan fingerprint density at radius 3 is 2.66 bits per heavy atom. The van der Waals surface area contributed by atoms with Crippen molar-refractivity contribution in [3.63, 3.8) is 0 Å². The maximum absolute atomic E-state index is 12.4. The van der Waals surface area contributed by atoms with E-state index in [0.717, 1.165) is 5.56 Å². The number of fused-ring (bicyclic) bond motifs is 1. The maximum Gasteiger partial charge on any atom is 0.240 e. The van der Waals surface area contributed by atoms with Crippen LogP contribution >= 0.6 is 0 Å². The number of ether oxygens (including phenoxy) is 1. The van der Waals surface area contributed by atoms with E-state index < -0.39 is 10.0 Å². The summed E-state index contributed by atoms with van der Waals surface area (Å²) in [6, 6.07) is 11.9. The number of likely N-dealkylation sites (N-methyl/N-ethyl adjacent to an activating group) is 1. The van der Waals surface area contributed by atoms with E-state index in [1.165, 1.54) is 6.33 Å². The lowest BCUT2D eigenvalue weighted by Gasteiger charge is -2.11. The predicted octanol–water partition coefficient (Wildman–Crippen LogP) is 2.34. The molecule has 0 aliphatic heterocycles. The van der Waals surface area contributed by atoms with Crippen molar-refractivity contribution in [2.24, 2.45) is 10.2 Å².